The van der Waals surface area contributed by atoms with E-state index in [9.17, 15) is 0 Å². The van der Waals surface area contributed by atoms with Crippen molar-refractivity contribution in [3.63, 3.8) is 0 Å². The number of hydrogen-bond acceptors (Lipinski definition) is 3. The summed E-state index contributed by atoms with van der Waals surface area (Å²) in [6, 6.07) is 9.34. The largest absolute Gasteiger partial charge is 0.370 e. The molecule has 4 heterocycles. The van der Waals surface area contributed by atoms with E-state index in [2.05, 4.69) is 59.7 Å². The monoisotopic (exact) mass is 313 g/mol. The summed E-state index contributed by atoms with van der Waals surface area (Å²) in [6.07, 6.45) is 2.70. The zero-order valence-electron chi connectivity index (χ0n) is 15.0. The Morgan fingerprint density at radius 1 is 0.870 bits per heavy atom. The standard InChI is InChI=1S/C20H31N3/c1-19(2,3)17-5-7-18(8-6-17)22-10-4-9-20(16-22)15-21-11-13-23(20)14-12-21/h5-8H,4,9-16H2,1-3H3. The molecule has 4 saturated heterocycles. The number of piperazine rings is 3. The molecule has 3 heteroatoms. The topological polar surface area (TPSA) is 9.72 Å². The third-order valence-electron chi connectivity index (χ3n) is 6.21. The highest BCUT2D eigenvalue weighted by Gasteiger charge is 2.47. The quantitative estimate of drug-likeness (QED) is 0.789. The van der Waals surface area contributed by atoms with Gasteiger partial charge in [0, 0.05) is 51.5 Å². The average molecular weight is 313 g/mol. The SMILES string of the molecule is CC(C)(C)c1ccc(N2CCCC3(CN4CCN3CC4)C2)cc1. The molecule has 0 radical (unpaired) electrons. The highest BCUT2D eigenvalue weighted by molar-refractivity contribution is 5.49. The molecule has 1 atom stereocenters. The molecule has 2 bridgehead atoms. The van der Waals surface area contributed by atoms with Gasteiger partial charge in [0.1, 0.15) is 0 Å². The van der Waals surface area contributed by atoms with Gasteiger partial charge in [-0.15, -0.1) is 0 Å². The predicted octanol–water partition coefficient (Wildman–Crippen LogP) is 2.95. The number of nitrogens with zero attached hydrogens (tertiary/aromatic N) is 3. The lowest BCUT2D eigenvalue weighted by atomic mass is 9.82. The molecule has 0 saturated carbocycles. The van der Waals surface area contributed by atoms with Gasteiger partial charge in [0.15, 0.2) is 0 Å². The van der Waals surface area contributed by atoms with Gasteiger partial charge in [0.2, 0.25) is 0 Å². The zero-order valence-corrected chi connectivity index (χ0v) is 15.0. The van der Waals surface area contributed by atoms with Crippen molar-refractivity contribution in [2.24, 2.45) is 0 Å². The Labute approximate surface area is 141 Å². The summed E-state index contributed by atoms with van der Waals surface area (Å²) in [5, 5.41) is 0. The molecule has 4 aliphatic heterocycles. The van der Waals surface area contributed by atoms with E-state index in [0.717, 1.165) is 0 Å². The van der Waals surface area contributed by atoms with Gasteiger partial charge >= 0.3 is 0 Å². The summed E-state index contributed by atoms with van der Waals surface area (Å²) in [5.74, 6) is 0. The number of fused-ring (bicyclic) bond motifs is 2. The second kappa shape index (κ2) is 5.49. The van der Waals surface area contributed by atoms with E-state index in [0.29, 0.717) is 5.54 Å². The minimum Gasteiger partial charge on any atom is -0.370 e. The Kier molecular flexibility index (Phi) is 3.69. The molecule has 126 valence electrons. The number of rotatable bonds is 1. The van der Waals surface area contributed by atoms with Crippen LogP contribution in [0.5, 0.6) is 0 Å². The highest BCUT2D eigenvalue weighted by Crippen LogP contribution is 2.36. The second-order valence-electron chi connectivity index (χ2n) is 8.81. The van der Waals surface area contributed by atoms with Gasteiger partial charge in [-0.2, -0.15) is 0 Å². The third kappa shape index (κ3) is 2.78. The predicted molar refractivity (Wildman–Crippen MR) is 97.3 cm³/mol. The van der Waals surface area contributed by atoms with Crippen LogP contribution in [-0.2, 0) is 5.41 Å². The first-order valence-electron chi connectivity index (χ1n) is 9.29. The molecule has 4 aliphatic rings. The van der Waals surface area contributed by atoms with Gasteiger partial charge in [-0.25, -0.2) is 0 Å². The van der Waals surface area contributed by atoms with Crippen LogP contribution in [0.25, 0.3) is 0 Å². The molecule has 3 nitrogen and oxygen atoms in total. The van der Waals surface area contributed by atoms with Gasteiger partial charge < -0.3 is 4.90 Å². The smallest absolute Gasteiger partial charge is 0.0512 e. The van der Waals surface area contributed by atoms with Crippen LogP contribution in [-0.4, -0.2) is 61.2 Å². The van der Waals surface area contributed by atoms with Crippen LogP contribution in [0.3, 0.4) is 0 Å². The molecule has 1 spiro atoms. The van der Waals surface area contributed by atoms with Crippen LogP contribution in [0, 0.1) is 0 Å². The molecule has 1 unspecified atom stereocenters. The lowest BCUT2D eigenvalue weighted by Gasteiger charge is -2.59. The molecule has 23 heavy (non-hydrogen) atoms. The van der Waals surface area contributed by atoms with Crippen molar-refractivity contribution in [2.45, 2.75) is 44.6 Å². The van der Waals surface area contributed by atoms with Gasteiger partial charge in [0.05, 0.1) is 5.54 Å². The first-order chi connectivity index (χ1) is 11.0. The van der Waals surface area contributed by atoms with E-state index < -0.39 is 0 Å². The molecular formula is C20H31N3. The van der Waals surface area contributed by atoms with Crippen LogP contribution < -0.4 is 4.90 Å². The molecule has 1 aromatic carbocycles. The third-order valence-corrected chi connectivity index (χ3v) is 6.21. The van der Waals surface area contributed by atoms with E-state index in [1.807, 2.05) is 0 Å². The maximum absolute atomic E-state index is 2.79. The Morgan fingerprint density at radius 2 is 1.57 bits per heavy atom. The molecule has 1 aromatic rings. The molecule has 0 aliphatic carbocycles. The number of piperidine rings is 1. The fourth-order valence-corrected chi connectivity index (χ4v) is 4.79. The van der Waals surface area contributed by atoms with E-state index in [-0.39, 0.29) is 5.41 Å². The Hall–Kier alpha value is -1.06. The lowest BCUT2D eigenvalue weighted by Crippen LogP contribution is -2.72. The van der Waals surface area contributed by atoms with Crippen molar-refractivity contribution < 1.29 is 0 Å². The highest BCUT2D eigenvalue weighted by atomic mass is 15.4. The van der Waals surface area contributed by atoms with Gasteiger partial charge in [-0.1, -0.05) is 32.9 Å². The number of anilines is 1. The lowest BCUT2D eigenvalue weighted by molar-refractivity contribution is -0.0604. The van der Waals surface area contributed by atoms with Crippen LogP contribution in [0.15, 0.2) is 24.3 Å². The Balaban J connectivity index is 1.53. The van der Waals surface area contributed by atoms with E-state index >= 15 is 0 Å². The number of hydrogen-bond donors (Lipinski definition) is 0. The van der Waals surface area contributed by atoms with Crippen molar-refractivity contribution in [3.8, 4) is 0 Å². The van der Waals surface area contributed by atoms with Gasteiger partial charge in [-0.3, -0.25) is 9.80 Å². The van der Waals surface area contributed by atoms with Crippen LogP contribution in [0.4, 0.5) is 5.69 Å². The molecule has 0 N–H and O–H groups in total. The summed E-state index contributed by atoms with van der Waals surface area (Å²) in [6.45, 7) is 15.7. The number of benzene rings is 1. The summed E-state index contributed by atoms with van der Waals surface area (Å²) < 4.78 is 0. The van der Waals surface area contributed by atoms with Crippen molar-refractivity contribution in [1.29, 1.82) is 0 Å². The van der Waals surface area contributed by atoms with E-state index in [1.54, 1.807) is 0 Å². The maximum Gasteiger partial charge on any atom is 0.0512 e. The maximum atomic E-state index is 2.79. The first-order valence-corrected chi connectivity index (χ1v) is 9.29. The van der Waals surface area contributed by atoms with Crippen molar-refractivity contribution in [2.75, 3.05) is 50.7 Å². The zero-order chi connectivity index (χ0) is 16.1. The first kappa shape index (κ1) is 15.5. The minimum atomic E-state index is 0.239. The van der Waals surface area contributed by atoms with Gasteiger partial charge in [0.25, 0.3) is 0 Å². The van der Waals surface area contributed by atoms with E-state index in [1.165, 1.54) is 69.9 Å². The fourth-order valence-electron chi connectivity index (χ4n) is 4.79. The normalized spacial score (nSPS) is 34.1. The summed E-state index contributed by atoms with van der Waals surface area (Å²) >= 11 is 0. The average Bonchev–Trinajstić information content (AvgIpc) is 2.55. The van der Waals surface area contributed by atoms with Crippen LogP contribution >= 0.6 is 0 Å². The molecule has 5 rings (SSSR count). The molecule has 4 fully saturated rings. The summed E-state index contributed by atoms with van der Waals surface area (Å²) in [7, 11) is 0. The summed E-state index contributed by atoms with van der Waals surface area (Å²) in [4.78, 5) is 8.12. The van der Waals surface area contributed by atoms with Crippen LogP contribution in [0.2, 0.25) is 0 Å². The second-order valence-corrected chi connectivity index (χ2v) is 8.81. The molecule has 0 aromatic heterocycles. The van der Waals surface area contributed by atoms with E-state index in [4.69, 9.17) is 0 Å². The van der Waals surface area contributed by atoms with Crippen molar-refractivity contribution in [3.05, 3.63) is 29.8 Å². The van der Waals surface area contributed by atoms with Crippen LogP contribution in [0.1, 0.15) is 39.2 Å². The molecular weight excluding hydrogens is 282 g/mol. The van der Waals surface area contributed by atoms with Crippen molar-refractivity contribution >= 4 is 5.69 Å². The fraction of sp³-hybridized carbons (Fsp3) is 0.700. The Bertz CT molecular complexity index is 551. The Morgan fingerprint density at radius 3 is 2.13 bits per heavy atom. The summed E-state index contributed by atoms with van der Waals surface area (Å²) in [5.41, 5.74) is 3.50. The minimum absolute atomic E-state index is 0.239. The molecule has 0 amide bonds. The van der Waals surface area contributed by atoms with Crippen molar-refractivity contribution in [1.82, 2.24) is 9.80 Å². The van der Waals surface area contributed by atoms with Gasteiger partial charge in [-0.05, 0) is 36.0 Å².